The Kier molecular flexibility index (Phi) is 7.44. The quantitative estimate of drug-likeness (QED) is 0.522. The zero-order chi connectivity index (χ0) is 24.0. The van der Waals surface area contributed by atoms with Crippen LogP contribution in [0.3, 0.4) is 0 Å². The third-order valence-corrected chi connectivity index (χ3v) is 4.58. The van der Waals surface area contributed by atoms with Crippen molar-refractivity contribution in [2.45, 2.75) is 26.6 Å². The molecule has 3 rings (SSSR count). The molecule has 174 valence electrons. The maximum absolute atomic E-state index is 12.9. The highest BCUT2D eigenvalue weighted by Gasteiger charge is 2.30. The van der Waals surface area contributed by atoms with Crippen molar-refractivity contribution in [3.05, 3.63) is 60.0 Å². The first kappa shape index (κ1) is 23.9. The number of likely N-dealkylation sites (N-methyl/N-ethyl adjacent to an activating group) is 1. The Morgan fingerprint density at radius 2 is 1.73 bits per heavy atom. The molecule has 0 aliphatic rings. The highest BCUT2D eigenvalue weighted by atomic mass is 19.4. The van der Waals surface area contributed by atoms with Gasteiger partial charge in [0.15, 0.2) is 0 Å². The lowest BCUT2D eigenvalue weighted by Crippen LogP contribution is -2.32. The van der Waals surface area contributed by atoms with E-state index in [1.807, 2.05) is 6.92 Å². The molecule has 0 aliphatic carbocycles. The van der Waals surface area contributed by atoms with Crippen LogP contribution in [0.2, 0.25) is 0 Å². The fraction of sp³-hybridized carbons (Fsp3) is 0.273. The third-order valence-electron chi connectivity index (χ3n) is 4.58. The number of alkyl halides is 3. The Bertz CT molecular complexity index is 1110. The number of aromatic nitrogens is 2. The highest BCUT2D eigenvalue weighted by Crippen LogP contribution is 2.31. The molecule has 33 heavy (non-hydrogen) atoms. The number of nitrogens with one attached hydrogen (secondary N) is 2. The molecule has 0 saturated carbocycles. The minimum atomic E-state index is -4.47. The van der Waals surface area contributed by atoms with Crippen molar-refractivity contribution in [3.63, 3.8) is 0 Å². The molecule has 8 nitrogen and oxygen atoms in total. The minimum absolute atomic E-state index is 0.0330. The molecule has 0 atom stereocenters. The molecule has 11 heteroatoms. The van der Waals surface area contributed by atoms with Crippen molar-refractivity contribution in [1.82, 2.24) is 15.0 Å². The number of rotatable bonds is 8. The van der Waals surface area contributed by atoms with Crippen molar-refractivity contribution in [1.29, 1.82) is 0 Å². The number of carbonyl (C=O) groups excluding carboxylic acids is 2. The summed E-state index contributed by atoms with van der Waals surface area (Å²) in [5.74, 6) is -0.253. The largest absolute Gasteiger partial charge is 0.416 e. The molecule has 1 heterocycles. The van der Waals surface area contributed by atoms with Crippen molar-refractivity contribution in [3.8, 4) is 11.4 Å². The first-order valence-electron chi connectivity index (χ1n) is 10.0. The number of anilines is 2. The summed E-state index contributed by atoms with van der Waals surface area (Å²) in [6.45, 7) is 3.93. The summed E-state index contributed by atoms with van der Waals surface area (Å²) in [6, 6.07) is 11.3. The second-order valence-corrected chi connectivity index (χ2v) is 7.20. The molecule has 0 fully saturated rings. The van der Waals surface area contributed by atoms with E-state index in [9.17, 15) is 22.8 Å². The summed E-state index contributed by atoms with van der Waals surface area (Å²) in [5, 5.41) is 9.16. The third kappa shape index (κ3) is 6.88. The Labute approximate surface area is 187 Å². The first-order chi connectivity index (χ1) is 15.6. The highest BCUT2D eigenvalue weighted by molar-refractivity contribution is 5.93. The van der Waals surface area contributed by atoms with Gasteiger partial charge in [0.25, 0.3) is 0 Å². The zero-order valence-electron chi connectivity index (χ0n) is 17.9. The molecule has 2 aromatic carbocycles. The number of carbonyl (C=O) groups is 2. The maximum atomic E-state index is 12.9. The Morgan fingerprint density at radius 1 is 1.06 bits per heavy atom. The normalized spacial score (nSPS) is 11.5. The molecular weight excluding hydrogens is 439 g/mol. The number of halogens is 3. The van der Waals surface area contributed by atoms with Gasteiger partial charge in [-0.2, -0.15) is 18.2 Å². The molecule has 0 spiro atoms. The van der Waals surface area contributed by atoms with Crippen molar-refractivity contribution in [2.24, 2.45) is 0 Å². The second-order valence-electron chi connectivity index (χ2n) is 7.20. The van der Waals surface area contributed by atoms with E-state index < -0.39 is 11.7 Å². The lowest BCUT2D eigenvalue weighted by atomic mass is 10.1. The fourth-order valence-electron chi connectivity index (χ4n) is 2.99. The second kappa shape index (κ2) is 10.3. The lowest BCUT2D eigenvalue weighted by Gasteiger charge is -2.17. The fourth-order valence-corrected chi connectivity index (χ4v) is 2.99. The molecule has 2 amide bonds. The number of nitrogens with zero attached hydrogens (tertiary/aromatic N) is 3. The van der Waals surface area contributed by atoms with E-state index in [-0.39, 0.29) is 42.2 Å². The summed E-state index contributed by atoms with van der Waals surface area (Å²) in [6.07, 6.45) is -4.47. The van der Waals surface area contributed by atoms with Gasteiger partial charge in [-0.3, -0.25) is 14.5 Å². The van der Waals surface area contributed by atoms with Crippen LogP contribution in [0.1, 0.15) is 25.3 Å². The van der Waals surface area contributed by atoms with Crippen LogP contribution in [0.4, 0.5) is 24.5 Å². The molecule has 0 bridgehead atoms. The molecule has 0 aliphatic heterocycles. The topological polar surface area (TPSA) is 100 Å². The van der Waals surface area contributed by atoms with Crippen molar-refractivity contribution >= 4 is 23.2 Å². The van der Waals surface area contributed by atoms with Gasteiger partial charge in [-0.05, 0) is 42.9 Å². The monoisotopic (exact) mass is 461 g/mol. The molecule has 1 aromatic heterocycles. The van der Waals surface area contributed by atoms with E-state index in [4.69, 9.17) is 4.52 Å². The van der Waals surface area contributed by atoms with E-state index in [2.05, 4.69) is 20.8 Å². The summed E-state index contributed by atoms with van der Waals surface area (Å²) < 4.78 is 44.0. The zero-order valence-corrected chi connectivity index (χ0v) is 17.9. The van der Waals surface area contributed by atoms with Crippen LogP contribution < -0.4 is 10.6 Å². The molecule has 0 radical (unpaired) electrons. The van der Waals surface area contributed by atoms with Gasteiger partial charge in [0.05, 0.1) is 18.7 Å². The van der Waals surface area contributed by atoms with Crippen molar-refractivity contribution < 1.29 is 27.3 Å². The summed E-state index contributed by atoms with van der Waals surface area (Å²) in [4.78, 5) is 29.4. The van der Waals surface area contributed by atoms with Gasteiger partial charge in [0, 0.05) is 23.9 Å². The maximum Gasteiger partial charge on any atom is 0.416 e. The van der Waals surface area contributed by atoms with Crippen LogP contribution in [0, 0.1) is 0 Å². The Balaban J connectivity index is 1.59. The molecule has 3 aromatic rings. The summed E-state index contributed by atoms with van der Waals surface area (Å²) >= 11 is 0. The van der Waals surface area contributed by atoms with Crippen LogP contribution in [0.25, 0.3) is 11.4 Å². The van der Waals surface area contributed by atoms with Gasteiger partial charge in [0.1, 0.15) is 0 Å². The van der Waals surface area contributed by atoms with Gasteiger partial charge >= 0.3 is 6.18 Å². The van der Waals surface area contributed by atoms with E-state index in [0.717, 1.165) is 12.1 Å². The van der Waals surface area contributed by atoms with Crippen LogP contribution in [-0.2, 0) is 22.3 Å². The lowest BCUT2D eigenvalue weighted by molar-refractivity contribution is -0.137. The number of hydrogen-bond donors (Lipinski definition) is 2. The summed E-state index contributed by atoms with van der Waals surface area (Å²) in [5.41, 5.74) is 0.560. The average Bonchev–Trinajstić information content (AvgIpc) is 3.22. The van der Waals surface area contributed by atoms with Gasteiger partial charge in [0.2, 0.25) is 23.5 Å². The summed E-state index contributed by atoms with van der Waals surface area (Å²) in [7, 11) is 0. The standard InChI is InChI=1S/C22H22F3N5O3/c1-3-30(12-19(32)27-18-9-7-17(8-10-18)26-14(2)31)13-20-28-21(29-33-20)15-5-4-6-16(11-15)22(23,24)25/h4-11H,3,12-13H2,1-2H3,(H,26,31)(H,27,32). The predicted molar refractivity (Wildman–Crippen MR) is 115 cm³/mol. The van der Waals surface area contributed by atoms with Crippen LogP contribution in [-0.4, -0.2) is 39.9 Å². The predicted octanol–water partition coefficient (Wildman–Crippen LogP) is 4.17. The average molecular weight is 461 g/mol. The van der Waals surface area contributed by atoms with E-state index in [0.29, 0.717) is 17.9 Å². The smallest absolute Gasteiger partial charge is 0.338 e. The van der Waals surface area contributed by atoms with Gasteiger partial charge in [-0.15, -0.1) is 0 Å². The first-order valence-corrected chi connectivity index (χ1v) is 10.0. The Morgan fingerprint density at radius 3 is 2.33 bits per heavy atom. The number of amides is 2. The van der Waals surface area contributed by atoms with Gasteiger partial charge in [-0.1, -0.05) is 24.2 Å². The SMILES string of the molecule is CCN(CC(=O)Nc1ccc(NC(C)=O)cc1)Cc1nc(-c2cccc(C(F)(F)F)c2)no1. The Hall–Kier alpha value is -3.73. The van der Waals surface area contributed by atoms with Gasteiger partial charge < -0.3 is 15.2 Å². The van der Waals surface area contributed by atoms with E-state index >= 15 is 0 Å². The van der Waals surface area contributed by atoms with Crippen LogP contribution in [0.15, 0.2) is 53.1 Å². The van der Waals surface area contributed by atoms with Crippen LogP contribution >= 0.6 is 0 Å². The van der Waals surface area contributed by atoms with Crippen LogP contribution in [0.5, 0.6) is 0 Å². The van der Waals surface area contributed by atoms with Gasteiger partial charge in [-0.25, -0.2) is 0 Å². The minimum Gasteiger partial charge on any atom is -0.338 e. The molecule has 2 N–H and O–H groups in total. The van der Waals surface area contributed by atoms with Crippen molar-refractivity contribution in [2.75, 3.05) is 23.7 Å². The molecule has 0 saturated heterocycles. The molecular formula is C22H22F3N5O3. The van der Waals surface area contributed by atoms with E-state index in [1.54, 1.807) is 29.2 Å². The van der Waals surface area contributed by atoms with E-state index in [1.165, 1.54) is 19.1 Å². The number of benzene rings is 2. The number of hydrogen-bond acceptors (Lipinski definition) is 6. The molecule has 0 unspecified atom stereocenters.